The van der Waals surface area contributed by atoms with Gasteiger partial charge in [0.05, 0.1) is 19.5 Å². The van der Waals surface area contributed by atoms with Gasteiger partial charge in [-0.15, -0.1) is 0 Å². The number of aromatic nitrogens is 4. The molecule has 10 heteroatoms. The highest BCUT2D eigenvalue weighted by Gasteiger charge is 2.55. The van der Waals surface area contributed by atoms with Crippen molar-refractivity contribution in [3.05, 3.63) is 6.33 Å². The van der Waals surface area contributed by atoms with Gasteiger partial charge in [0.2, 0.25) is 11.8 Å². The average molecular weight is 327 g/mol. The number of nitrogen functional groups attached to an aromatic ring is 1. The zero-order chi connectivity index (χ0) is 16.8. The van der Waals surface area contributed by atoms with Gasteiger partial charge in [0.15, 0.2) is 23.1 Å². The van der Waals surface area contributed by atoms with Crippen LogP contribution >= 0.6 is 0 Å². The van der Waals surface area contributed by atoms with Crippen molar-refractivity contribution < 1.29 is 24.1 Å². The van der Waals surface area contributed by atoms with E-state index in [0.717, 1.165) is 0 Å². The predicted octanol–water partition coefficient (Wildman–Crippen LogP) is -0.214. The highest BCUT2D eigenvalue weighted by molar-refractivity contribution is 5.77. The van der Waals surface area contributed by atoms with Gasteiger partial charge < -0.3 is 25.4 Å². The standard InChI is InChI=1S/C13H18FN5O4/c1-3-22-10-7-9(17-12(15)18-10)19(5-16-7)11-13(2,14)8(21)6(4-20)23-11/h5-6,8,11,20-21H,3-4H2,1-2H3,(H2,15,17,18)/t6?,8-,11?,13-/m1/s1. The summed E-state index contributed by atoms with van der Waals surface area (Å²) in [6, 6.07) is 0. The summed E-state index contributed by atoms with van der Waals surface area (Å²) in [5.74, 6) is 0.132. The molecular formula is C13H18FN5O4. The van der Waals surface area contributed by atoms with E-state index in [1.54, 1.807) is 6.92 Å². The summed E-state index contributed by atoms with van der Waals surface area (Å²) >= 11 is 0. The molecule has 1 aliphatic heterocycles. The smallest absolute Gasteiger partial charge is 0.247 e. The molecule has 23 heavy (non-hydrogen) atoms. The molecule has 4 atom stereocenters. The lowest BCUT2D eigenvalue weighted by atomic mass is 9.98. The van der Waals surface area contributed by atoms with Gasteiger partial charge in [-0.25, -0.2) is 9.37 Å². The fraction of sp³-hybridized carbons (Fsp3) is 0.615. The van der Waals surface area contributed by atoms with Crippen molar-refractivity contribution in [3.63, 3.8) is 0 Å². The van der Waals surface area contributed by atoms with Crippen LogP contribution in [0.5, 0.6) is 5.88 Å². The van der Waals surface area contributed by atoms with Gasteiger partial charge in [-0.1, -0.05) is 0 Å². The van der Waals surface area contributed by atoms with Crippen molar-refractivity contribution in [1.29, 1.82) is 0 Å². The quantitative estimate of drug-likeness (QED) is 0.703. The number of fused-ring (bicyclic) bond motifs is 1. The first-order valence-corrected chi connectivity index (χ1v) is 7.16. The molecule has 0 spiro atoms. The van der Waals surface area contributed by atoms with Crippen molar-refractivity contribution in [2.75, 3.05) is 18.9 Å². The van der Waals surface area contributed by atoms with Crippen molar-refractivity contribution in [3.8, 4) is 5.88 Å². The SMILES string of the molecule is CCOc1nc(N)nc2c1ncn2C1OC(CO)[C@@H](O)[C@@]1(C)F. The van der Waals surface area contributed by atoms with Crippen LogP contribution in [0.4, 0.5) is 10.3 Å². The third-order valence-electron chi connectivity index (χ3n) is 3.84. The molecule has 3 rings (SSSR count). The number of nitrogens with zero attached hydrogens (tertiary/aromatic N) is 4. The Morgan fingerprint density at radius 3 is 2.87 bits per heavy atom. The van der Waals surface area contributed by atoms with Gasteiger partial charge in [0.25, 0.3) is 0 Å². The molecule has 0 aromatic carbocycles. The zero-order valence-electron chi connectivity index (χ0n) is 12.7. The fourth-order valence-electron chi connectivity index (χ4n) is 2.68. The number of ether oxygens (including phenoxy) is 2. The van der Waals surface area contributed by atoms with Crippen LogP contribution in [-0.4, -0.2) is 60.8 Å². The minimum Gasteiger partial charge on any atom is -0.476 e. The number of hydrogen-bond donors (Lipinski definition) is 3. The van der Waals surface area contributed by atoms with Gasteiger partial charge >= 0.3 is 0 Å². The summed E-state index contributed by atoms with van der Waals surface area (Å²) in [5, 5.41) is 19.2. The van der Waals surface area contributed by atoms with Crippen LogP contribution in [-0.2, 0) is 4.74 Å². The van der Waals surface area contributed by atoms with Gasteiger partial charge in [0, 0.05) is 0 Å². The summed E-state index contributed by atoms with van der Waals surface area (Å²) in [5.41, 5.74) is 4.05. The van der Waals surface area contributed by atoms with Crippen LogP contribution in [0.25, 0.3) is 11.2 Å². The predicted molar refractivity (Wildman–Crippen MR) is 77.4 cm³/mol. The Morgan fingerprint density at radius 2 is 2.26 bits per heavy atom. The second kappa shape index (κ2) is 5.55. The molecule has 3 heterocycles. The van der Waals surface area contributed by atoms with Crippen molar-refractivity contribution in [2.45, 2.75) is 38.0 Å². The molecule has 0 aliphatic carbocycles. The molecule has 2 aromatic rings. The molecule has 2 unspecified atom stereocenters. The Labute approximate surface area is 130 Å². The monoisotopic (exact) mass is 327 g/mol. The normalized spacial score (nSPS) is 30.9. The fourth-order valence-corrected chi connectivity index (χ4v) is 2.68. The van der Waals surface area contributed by atoms with E-state index in [-0.39, 0.29) is 17.5 Å². The lowest BCUT2D eigenvalue weighted by molar-refractivity contribution is -0.0566. The Balaban J connectivity index is 2.10. The molecule has 0 bridgehead atoms. The Hall–Kier alpha value is -2.04. The van der Waals surface area contributed by atoms with E-state index < -0.39 is 30.7 Å². The van der Waals surface area contributed by atoms with Gasteiger partial charge in [-0.2, -0.15) is 9.97 Å². The van der Waals surface area contributed by atoms with Crippen LogP contribution < -0.4 is 10.5 Å². The topological polar surface area (TPSA) is 129 Å². The lowest BCUT2D eigenvalue weighted by Gasteiger charge is -2.24. The maximum absolute atomic E-state index is 14.9. The number of nitrogens with two attached hydrogens (primary N) is 1. The van der Waals surface area contributed by atoms with E-state index in [9.17, 15) is 14.6 Å². The van der Waals surface area contributed by atoms with Crippen molar-refractivity contribution >= 4 is 17.1 Å². The van der Waals surface area contributed by atoms with Crippen molar-refractivity contribution in [2.24, 2.45) is 0 Å². The second-order valence-electron chi connectivity index (χ2n) is 5.45. The molecule has 1 saturated heterocycles. The third kappa shape index (κ3) is 2.38. The molecule has 4 N–H and O–H groups in total. The lowest BCUT2D eigenvalue weighted by Crippen LogP contribution is -2.40. The maximum Gasteiger partial charge on any atom is 0.247 e. The number of imidazole rings is 1. The van der Waals surface area contributed by atoms with Gasteiger partial charge in [-0.3, -0.25) is 4.57 Å². The molecule has 1 aliphatic rings. The van der Waals surface area contributed by atoms with E-state index >= 15 is 0 Å². The van der Waals surface area contributed by atoms with E-state index in [1.807, 2.05) is 0 Å². The van der Waals surface area contributed by atoms with Crippen LogP contribution in [0.2, 0.25) is 0 Å². The number of hydrogen-bond acceptors (Lipinski definition) is 8. The number of rotatable bonds is 4. The highest BCUT2D eigenvalue weighted by Crippen LogP contribution is 2.42. The Kier molecular flexibility index (Phi) is 3.82. The van der Waals surface area contributed by atoms with Crippen LogP contribution in [0.3, 0.4) is 0 Å². The molecule has 1 fully saturated rings. The van der Waals surface area contributed by atoms with Crippen LogP contribution in [0.1, 0.15) is 20.1 Å². The van der Waals surface area contributed by atoms with Gasteiger partial charge in [-0.05, 0) is 13.8 Å². The number of alkyl halides is 1. The maximum atomic E-state index is 14.9. The molecule has 126 valence electrons. The molecule has 0 amide bonds. The number of aliphatic hydroxyl groups is 2. The second-order valence-corrected chi connectivity index (χ2v) is 5.45. The van der Waals surface area contributed by atoms with Crippen LogP contribution in [0.15, 0.2) is 6.33 Å². The van der Waals surface area contributed by atoms with Crippen LogP contribution in [0, 0.1) is 0 Å². The minimum atomic E-state index is -2.15. The summed E-state index contributed by atoms with van der Waals surface area (Å²) in [7, 11) is 0. The zero-order valence-corrected chi connectivity index (χ0v) is 12.7. The first kappa shape index (κ1) is 15.8. The largest absolute Gasteiger partial charge is 0.476 e. The molecule has 2 aromatic heterocycles. The average Bonchev–Trinajstić information content (AvgIpc) is 3.00. The van der Waals surface area contributed by atoms with E-state index in [2.05, 4.69) is 15.0 Å². The summed E-state index contributed by atoms with van der Waals surface area (Å²) in [4.78, 5) is 12.1. The Morgan fingerprint density at radius 1 is 1.52 bits per heavy atom. The van der Waals surface area contributed by atoms with Gasteiger partial charge in [0.1, 0.15) is 12.2 Å². The molecular weight excluding hydrogens is 309 g/mol. The summed E-state index contributed by atoms with van der Waals surface area (Å²) < 4.78 is 27.0. The van der Waals surface area contributed by atoms with E-state index in [0.29, 0.717) is 12.1 Å². The Bertz CT molecular complexity index is 722. The highest BCUT2D eigenvalue weighted by atomic mass is 19.1. The molecule has 0 saturated carbocycles. The first-order valence-electron chi connectivity index (χ1n) is 7.16. The summed E-state index contributed by atoms with van der Waals surface area (Å²) in [6.07, 6.45) is -2.43. The number of anilines is 1. The first-order chi connectivity index (χ1) is 10.9. The van der Waals surface area contributed by atoms with E-state index in [4.69, 9.17) is 15.2 Å². The molecule has 9 nitrogen and oxygen atoms in total. The summed E-state index contributed by atoms with van der Waals surface area (Å²) in [6.45, 7) is 2.81. The van der Waals surface area contributed by atoms with Crippen molar-refractivity contribution in [1.82, 2.24) is 19.5 Å². The minimum absolute atomic E-state index is 0.0551. The van der Waals surface area contributed by atoms with E-state index in [1.165, 1.54) is 17.8 Å². The molecule has 0 radical (unpaired) electrons. The number of halogens is 1. The third-order valence-corrected chi connectivity index (χ3v) is 3.84. The number of aliphatic hydroxyl groups excluding tert-OH is 2.